The summed E-state index contributed by atoms with van der Waals surface area (Å²) in [7, 11) is 0. The third-order valence-electron chi connectivity index (χ3n) is 3.41. The molecule has 4 N–H and O–H groups in total. The maximum atomic E-state index is 12.2. The highest BCUT2D eigenvalue weighted by atomic mass is 16.5. The molecule has 1 heterocycles. The van der Waals surface area contributed by atoms with Gasteiger partial charge in [0, 0.05) is 26.3 Å². The smallest absolute Gasteiger partial charge is 0.242 e. The molecule has 0 aromatic carbocycles. The molecule has 0 aliphatic carbocycles. The van der Waals surface area contributed by atoms with Gasteiger partial charge in [-0.2, -0.15) is 0 Å². The van der Waals surface area contributed by atoms with Crippen LogP contribution in [0.4, 0.5) is 0 Å². The van der Waals surface area contributed by atoms with Crippen LogP contribution in [0.3, 0.4) is 0 Å². The van der Waals surface area contributed by atoms with Crippen LogP contribution in [0.25, 0.3) is 0 Å². The minimum atomic E-state index is -0.584. The SMILES string of the molecule is CCNC(=O)C(C)NC(=O)C1(CN)CCOCC1. The summed E-state index contributed by atoms with van der Waals surface area (Å²) >= 11 is 0. The number of carbonyl (C=O) groups excluding carboxylic acids is 2. The zero-order valence-corrected chi connectivity index (χ0v) is 11.1. The van der Waals surface area contributed by atoms with Crippen molar-refractivity contribution in [2.24, 2.45) is 11.1 Å². The lowest BCUT2D eigenvalue weighted by Crippen LogP contribution is -2.54. The molecule has 1 aliphatic heterocycles. The molecule has 1 fully saturated rings. The Kier molecular flexibility index (Phi) is 5.55. The van der Waals surface area contributed by atoms with E-state index in [1.54, 1.807) is 6.92 Å². The minimum absolute atomic E-state index is 0.146. The maximum absolute atomic E-state index is 12.2. The highest BCUT2D eigenvalue weighted by molar-refractivity contribution is 5.90. The Morgan fingerprint density at radius 2 is 2.00 bits per heavy atom. The fourth-order valence-electron chi connectivity index (χ4n) is 2.03. The summed E-state index contributed by atoms with van der Waals surface area (Å²) < 4.78 is 5.25. The van der Waals surface area contributed by atoms with E-state index in [1.165, 1.54) is 0 Å². The molecule has 0 aromatic heterocycles. The number of hydrogen-bond acceptors (Lipinski definition) is 4. The number of hydrogen-bond donors (Lipinski definition) is 3. The Balaban J connectivity index is 2.59. The van der Waals surface area contributed by atoms with Crippen LogP contribution >= 0.6 is 0 Å². The molecular formula is C12H23N3O3. The molecule has 18 heavy (non-hydrogen) atoms. The van der Waals surface area contributed by atoms with Crippen molar-refractivity contribution in [2.75, 3.05) is 26.3 Å². The first-order valence-electron chi connectivity index (χ1n) is 6.42. The Labute approximate surface area is 108 Å². The van der Waals surface area contributed by atoms with Gasteiger partial charge < -0.3 is 21.1 Å². The summed E-state index contributed by atoms with van der Waals surface area (Å²) in [5.41, 5.74) is 5.15. The van der Waals surface area contributed by atoms with Crippen LogP contribution in [0.15, 0.2) is 0 Å². The van der Waals surface area contributed by atoms with Gasteiger partial charge in [0.15, 0.2) is 0 Å². The van der Waals surface area contributed by atoms with E-state index < -0.39 is 11.5 Å². The van der Waals surface area contributed by atoms with Crippen molar-refractivity contribution < 1.29 is 14.3 Å². The molecule has 1 rings (SSSR count). The van der Waals surface area contributed by atoms with Crippen LogP contribution < -0.4 is 16.4 Å². The number of likely N-dealkylation sites (N-methyl/N-ethyl adjacent to an activating group) is 1. The third kappa shape index (κ3) is 3.43. The lowest BCUT2D eigenvalue weighted by molar-refractivity contribution is -0.139. The van der Waals surface area contributed by atoms with E-state index in [9.17, 15) is 9.59 Å². The lowest BCUT2D eigenvalue weighted by Gasteiger charge is -2.35. The van der Waals surface area contributed by atoms with Crippen LogP contribution in [-0.4, -0.2) is 44.2 Å². The highest BCUT2D eigenvalue weighted by Crippen LogP contribution is 2.29. The number of amides is 2. The van der Waals surface area contributed by atoms with Crippen LogP contribution in [0, 0.1) is 5.41 Å². The van der Waals surface area contributed by atoms with Gasteiger partial charge in [0.2, 0.25) is 11.8 Å². The van der Waals surface area contributed by atoms with E-state index in [0.29, 0.717) is 32.6 Å². The van der Waals surface area contributed by atoms with E-state index in [0.717, 1.165) is 0 Å². The fraction of sp³-hybridized carbons (Fsp3) is 0.833. The van der Waals surface area contributed by atoms with Crippen molar-refractivity contribution in [3.8, 4) is 0 Å². The second-order valence-electron chi connectivity index (χ2n) is 4.69. The standard InChI is InChI=1S/C12H23N3O3/c1-3-14-10(16)9(2)15-11(17)12(8-13)4-6-18-7-5-12/h9H,3-8,13H2,1-2H3,(H,14,16)(H,15,17). The van der Waals surface area contributed by atoms with Gasteiger partial charge in [0.05, 0.1) is 5.41 Å². The van der Waals surface area contributed by atoms with E-state index in [-0.39, 0.29) is 18.4 Å². The number of nitrogens with two attached hydrogens (primary N) is 1. The monoisotopic (exact) mass is 257 g/mol. The molecule has 1 atom stereocenters. The van der Waals surface area contributed by atoms with E-state index in [1.807, 2.05) is 6.92 Å². The largest absolute Gasteiger partial charge is 0.381 e. The molecule has 0 saturated carbocycles. The average Bonchev–Trinajstić information content (AvgIpc) is 2.39. The van der Waals surface area contributed by atoms with Crippen molar-refractivity contribution in [1.29, 1.82) is 0 Å². The molecule has 1 aliphatic rings. The number of nitrogens with one attached hydrogen (secondary N) is 2. The Hall–Kier alpha value is -1.14. The zero-order valence-electron chi connectivity index (χ0n) is 11.1. The van der Waals surface area contributed by atoms with Crippen molar-refractivity contribution in [1.82, 2.24) is 10.6 Å². The third-order valence-corrected chi connectivity index (χ3v) is 3.41. The summed E-state index contributed by atoms with van der Waals surface area (Å²) in [5, 5.41) is 5.41. The van der Waals surface area contributed by atoms with Gasteiger partial charge in [0.1, 0.15) is 6.04 Å². The van der Waals surface area contributed by atoms with E-state index in [4.69, 9.17) is 10.5 Å². The summed E-state index contributed by atoms with van der Waals surface area (Å²) in [6, 6.07) is -0.538. The normalized spacial score (nSPS) is 19.9. The summed E-state index contributed by atoms with van der Waals surface area (Å²) in [6.45, 7) is 5.43. The van der Waals surface area contributed by atoms with Crippen molar-refractivity contribution in [3.05, 3.63) is 0 Å². The van der Waals surface area contributed by atoms with Crippen LogP contribution in [0.1, 0.15) is 26.7 Å². The van der Waals surface area contributed by atoms with Crippen LogP contribution in [-0.2, 0) is 14.3 Å². The molecule has 0 spiro atoms. The minimum Gasteiger partial charge on any atom is -0.381 e. The van der Waals surface area contributed by atoms with E-state index in [2.05, 4.69) is 10.6 Å². The Bertz CT molecular complexity index is 301. The maximum Gasteiger partial charge on any atom is 0.242 e. The second kappa shape index (κ2) is 6.70. The Morgan fingerprint density at radius 3 is 2.50 bits per heavy atom. The average molecular weight is 257 g/mol. The van der Waals surface area contributed by atoms with Gasteiger partial charge in [-0.15, -0.1) is 0 Å². The molecule has 6 heteroatoms. The summed E-state index contributed by atoms with van der Waals surface area (Å²) in [6.07, 6.45) is 1.22. The predicted molar refractivity (Wildman–Crippen MR) is 67.8 cm³/mol. The quantitative estimate of drug-likeness (QED) is 0.612. The van der Waals surface area contributed by atoms with Crippen molar-refractivity contribution in [2.45, 2.75) is 32.7 Å². The highest BCUT2D eigenvalue weighted by Gasteiger charge is 2.39. The first kappa shape index (κ1) is 14.9. The number of carbonyl (C=O) groups is 2. The molecule has 2 amide bonds. The van der Waals surface area contributed by atoms with Gasteiger partial charge in [-0.3, -0.25) is 9.59 Å². The first-order valence-corrected chi connectivity index (χ1v) is 6.42. The predicted octanol–water partition coefficient (Wildman–Crippen LogP) is -0.617. The van der Waals surface area contributed by atoms with Gasteiger partial charge in [-0.25, -0.2) is 0 Å². The molecule has 0 bridgehead atoms. The van der Waals surface area contributed by atoms with Crippen LogP contribution in [0.5, 0.6) is 0 Å². The van der Waals surface area contributed by atoms with Crippen LogP contribution in [0.2, 0.25) is 0 Å². The topological polar surface area (TPSA) is 93.5 Å². The second-order valence-corrected chi connectivity index (χ2v) is 4.69. The molecule has 1 unspecified atom stereocenters. The fourth-order valence-corrected chi connectivity index (χ4v) is 2.03. The van der Waals surface area contributed by atoms with Gasteiger partial charge in [-0.1, -0.05) is 0 Å². The summed E-state index contributed by atoms with van der Waals surface area (Å²) in [4.78, 5) is 23.8. The molecule has 104 valence electrons. The number of rotatable bonds is 5. The van der Waals surface area contributed by atoms with Gasteiger partial charge in [0.25, 0.3) is 0 Å². The van der Waals surface area contributed by atoms with Crippen molar-refractivity contribution in [3.63, 3.8) is 0 Å². The van der Waals surface area contributed by atoms with E-state index >= 15 is 0 Å². The molecular weight excluding hydrogens is 234 g/mol. The van der Waals surface area contributed by atoms with Gasteiger partial charge in [-0.05, 0) is 26.7 Å². The molecule has 1 saturated heterocycles. The number of ether oxygens (including phenoxy) is 1. The lowest BCUT2D eigenvalue weighted by atomic mass is 9.79. The summed E-state index contributed by atoms with van der Waals surface area (Å²) in [5.74, 6) is -0.322. The zero-order chi connectivity index (χ0) is 13.6. The molecule has 6 nitrogen and oxygen atoms in total. The Morgan fingerprint density at radius 1 is 1.39 bits per heavy atom. The first-order chi connectivity index (χ1) is 8.55. The molecule has 0 radical (unpaired) electrons. The van der Waals surface area contributed by atoms with Crippen molar-refractivity contribution >= 4 is 11.8 Å². The molecule has 0 aromatic rings. The van der Waals surface area contributed by atoms with Gasteiger partial charge >= 0.3 is 0 Å².